The van der Waals surface area contributed by atoms with Crippen molar-refractivity contribution in [1.29, 1.82) is 0 Å². The number of nitrogens with zero attached hydrogens (tertiary/aromatic N) is 2. The summed E-state index contributed by atoms with van der Waals surface area (Å²) in [5.41, 5.74) is 2.06. The van der Waals surface area contributed by atoms with Gasteiger partial charge in [-0.2, -0.15) is 0 Å². The average molecular weight is 401 g/mol. The van der Waals surface area contributed by atoms with Gasteiger partial charge in [-0.1, -0.05) is 0 Å². The molecule has 1 aliphatic rings. The molecule has 0 unspecified atom stereocenters. The molecule has 0 N–H and O–H groups in total. The molecule has 0 saturated carbocycles. The third-order valence-corrected chi connectivity index (χ3v) is 4.98. The van der Waals surface area contributed by atoms with Gasteiger partial charge in [0.15, 0.2) is 0 Å². The monoisotopic (exact) mass is 402 g/mol. The van der Waals surface area contributed by atoms with Crippen LogP contribution in [0.25, 0.3) is 6.08 Å². The van der Waals surface area contributed by atoms with Gasteiger partial charge in [-0.05, 0) is 0 Å². The van der Waals surface area contributed by atoms with E-state index < -0.39 is 0 Å². The first-order valence-electron chi connectivity index (χ1n) is 7.68. The fourth-order valence-electron chi connectivity index (χ4n) is 2.72. The minimum atomic E-state index is -0.115. The first kappa shape index (κ1) is 17.3. The molecule has 128 valence electrons. The summed E-state index contributed by atoms with van der Waals surface area (Å²) in [6, 6.07) is 15.1. The van der Waals surface area contributed by atoms with E-state index in [-0.39, 0.29) is 5.91 Å². The van der Waals surface area contributed by atoms with Gasteiger partial charge in [0, 0.05) is 0 Å². The number of benzene rings is 2. The van der Waals surface area contributed by atoms with Crippen molar-refractivity contribution in [2.75, 3.05) is 26.2 Å². The Bertz CT molecular complexity index is 827. The molecule has 1 heterocycles. The number of para-hydroxylation sites is 1. The van der Waals surface area contributed by atoms with E-state index in [2.05, 4.69) is 15.6 Å². The molecule has 6 heteroatoms. The van der Waals surface area contributed by atoms with E-state index in [4.69, 9.17) is 9.47 Å². The van der Waals surface area contributed by atoms with Gasteiger partial charge in [0.05, 0.1) is 0 Å². The molecule has 0 aromatic heterocycles. The predicted molar refractivity (Wildman–Crippen MR) is 100.0 cm³/mol. The molecule has 1 saturated heterocycles. The van der Waals surface area contributed by atoms with Crippen LogP contribution in [-0.4, -0.2) is 52.3 Å². The number of likely N-dealkylation sites (N-methyl/N-ethyl adjacent to an activating group) is 1. The molecule has 25 heavy (non-hydrogen) atoms. The normalized spacial score (nSPS) is 15.9. The summed E-state index contributed by atoms with van der Waals surface area (Å²) in [5, 5.41) is 0. The summed E-state index contributed by atoms with van der Waals surface area (Å²) in [6.45, 7) is 0. The Morgan fingerprint density at radius 1 is 0.960 bits per heavy atom. The Balaban J connectivity index is 2.08. The molecule has 2 aromatic rings. The molecule has 0 radical (unpaired) electrons. The molecule has 5 nitrogen and oxygen atoms in total. The maximum atomic E-state index is 13.0. The number of hydrogen-bond acceptors (Lipinski definition) is 4. The Labute approximate surface area is 154 Å². The second-order valence-corrected chi connectivity index (χ2v) is 6.19. The van der Waals surface area contributed by atoms with Crippen molar-refractivity contribution < 1.29 is 14.3 Å². The van der Waals surface area contributed by atoms with E-state index in [0.29, 0.717) is 17.2 Å². The Morgan fingerprint density at radius 3 is 2.12 bits per heavy atom. The average Bonchev–Trinajstić information content (AvgIpc) is 2.86. The molecule has 0 bridgehead atoms. The number of ether oxygens (including phenoxy) is 2. The Morgan fingerprint density at radius 2 is 1.56 bits per heavy atom. The van der Waals surface area contributed by atoms with Gasteiger partial charge in [0.2, 0.25) is 0 Å². The number of anilines is 1. The van der Waals surface area contributed by atoms with Crippen LogP contribution in [0.5, 0.6) is 11.5 Å². The van der Waals surface area contributed by atoms with E-state index in [0.717, 1.165) is 15.9 Å². The number of methoxy groups -OCH3 is 2. The summed E-state index contributed by atoms with van der Waals surface area (Å²) >= 11 is 2.98. The summed E-state index contributed by atoms with van der Waals surface area (Å²) in [7, 11) is 5.04. The molecule has 1 aliphatic heterocycles. The van der Waals surface area contributed by atoms with Crippen LogP contribution in [0.1, 0.15) is 5.56 Å². The number of hydrogen-bond donors (Lipinski definition) is 0. The van der Waals surface area contributed by atoms with Crippen molar-refractivity contribution >= 4 is 37.9 Å². The third kappa shape index (κ3) is 3.06. The van der Waals surface area contributed by atoms with Gasteiger partial charge in [0.1, 0.15) is 0 Å². The second-order valence-electron chi connectivity index (χ2n) is 5.42. The van der Waals surface area contributed by atoms with Crippen LogP contribution in [0, 0.1) is 0 Å². The van der Waals surface area contributed by atoms with Crippen molar-refractivity contribution in [2.45, 2.75) is 0 Å². The van der Waals surface area contributed by atoms with Gasteiger partial charge in [-0.3, -0.25) is 0 Å². The van der Waals surface area contributed by atoms with Crippen LogP contribution in [0.2, 0.25) is 0 Å². The zero-order valence-electron chi connectivity index (χ0n) is 14.2. The fraction of sp³-hybridized carbons (Fsp3) is 0.158. The number of rotatable bonds is 4. The molecule has 1 amide bonds. The molecule has 1 fully saturated rings. The molecule has 3 rings (SSSR count). The van der Waals surface area contributed by atoms with Crippen molar-refractivity contribution in [3.05, 3.63) is 59.8 Å². The zero-order chi connectivity index (χ0) is 18.0. The third-order valence-electron chi connectivity index (χ3n) is 4.02. The van der Waals surface area contributed by atoms with Crippen LogP contribution >= 0.6 is 0 Å². The SMILES string of the molecule is COc1cccc(OC)c1/C=C1\C(=O)N(c2ccccc2)C(=[Se])N1C. The van der Waals surface area contributed by atoms with E-state index in [1.165, 1.54) is 0 Å². The summed E-state index contributed by atoms with van der Waals surface area (Å²) in [6.07, 6.45) is 1.79. The fourth-order valence-corrected chi connectivity index (χ4v) is 3.32. The van der Waals surface area contributed by atoms with Gasteiger partial charge < -0.3 is 0 Å². The van der Waals surface area contributed by atoms with Crippen LogP contribution in [0.3, 0.4) is 0 Å². The van der Waals surface area contributed by atoms with Crippen molar-refractivity contribution in [3.63, 3.8) is 0 Å². The second kappa shape index (κ2) is 7.13. The standard InChI is InChI=1S/C19H18N2O3Se/c1-20-15(12-14-16(23-2)10-7-11-17(14)24-3)18(22)21(19(20)25)13-8-5-4-6-9-13/h4-12H,1-3H3/b15-12+. The molecular weight excluding hydrogens is 383 g/mol. The van der Waals surface area contributed by atoms with Gasteiger partial charge >= 0.3 is 155 Å². The van der Waals surface area contributed by atoms with Gasteiger partial charge in [0.25, 0.3) is 0 Å². The van der Waals surface area contributed by atoms with Gasteiger partial charge in [-0.15, -0.1) is 0 Å². The van der Waals surface area contributed by atoms with Crippen molar-refractivity contribution in [3.8, 4) is 11.5 Å². The van der Waals surface area contributed by atoms with Crippen LogP contribution in [-0.2, 0) is 4.79 Å². The van der Waals surface area contributed by atoms with Crippen LogP contribution in [0.15, 0.2) is 54.2 Å². The van der Waals surface area contributed by atoms with Crippen LogP contribution in [0.4, 0.5) is 5.69 Å². The molecule has 0 aliphatic carbocycles. The molecule has 2 aromatic carbocycles. The van der Waals surface area contributed by atoms with E-state index in [9.17, 15) is 4.79 Å². The Kier molecular flexibility index (Phi) is 4.93. The van der Waals surface area contributed by atoms with Crippen molar-refractivity contribution in [1.82, 2.24) is 4.90 Å². The topological polar surface area (TPSA) is 42.0 Å². The number of carbonyl (C=O) groups is 1. The summed E-state index contributed by atoms with van der Waals surface area (Å²) < 4.78 is 11.6. The summed E-state index contributed by atoms with van der Waals surface area (Å²) in [4.78, 5) is 16.5. The zero-order valence-corrected chi connectivity index (χ0v) is 15.9. The van der Waals surface area contributed by atoms with Gasteiger partial charge in [-0.25, -0.2) is 0 Å². The molecule has 0 spiro atoms. The molecule has 0 atom stereocenters. The maximum absolute atomic E-state index is 13.0. The summed E-state index contributed by atoms with van der Waals surface area (Å²) in [5.74, 6) is 1.18. The first-order valence-corrected chi connectivity index (χ1v) is 8.54. The predicted octanol–water partition coefficient (Wildman–Crippen LogP) is 2.28. The number of carbonyl (C=O) groups excluding carboxylic acids is 1. The van der Waals surface area contributed by atoms with Crippen molar-refractivity contribution in [2.24, 2.45) is 0 Å². The quantitative estimate of drug-likeness (QED) is 0.583. The number of amides is 1. The van der Waals surface area contributed by atoms with E-state index in [1.54, 1.807) is 25.2 Å². The van der Waals surface area contributed by atoms with E-state index in [1.807, 2.05) is 60.5 Å². The Hall–Kier alpha value is -2.56. The molecular formula is C19H18N2O3Se. The first-order chi connectivity index (χ1) is 12.1. The minimum absolute atomic E-state index is 0.115. The van der Waals surface area contributed by atoms with Crippen LogP contribution < -0.4 is 14.4 Å². The van der Waals surface area contributed by atoms with E-state index >= 15 is 0 Å².